The van der Waals surface area contributed by atoms with Gasteiger partial charge in [-0.3, -0.25) is 4.79 Å². The van der Waals surface area contributed by atoms with Crippen molar-refractivity contribution in [2.75, 3.05) is 51.0 Å². The third-order valence-electron chi connectivity index (χ3n) is 5.83. The molecule has 0 bridgehead atoms. The van der Waals surface area contributed by atoms with Crippen molar-refractivity contribution in [3.05, 3.63) is 23.9 Å². The van der Waals surface area contributed by atoms with Crippen molar-refractivity contribution < 1.29 is 25.2 Å². The zero-order chi connectivity index (χ0) is 21.5. The van der Waals surface area contributed by atoms with Crippen LogP contribution in [0.1, 0.15) is 26.7 Å². The van der Waals surface area contributed by atoms with E-state index in [0.717, 1.165) is 49.2 Å². The number of nitrogens with two attached hydrogens (primary N) is 1. The van der Waals surface area contributed by atoms with Gasteiger partial charge in [0.25, 0.3) is 0 Å². The molecule has 0 saturated carbocycles. The van der Waals surface area contributed by atoms with Crippen LogP contribution in [0.25, 0.3) is 10.9 Å². The molecular formula is C22H35Cl2N5O5. The molecule has 6 N–H and O–H groups in total. The summed E-state index contributed by atoms with van der Waals surface area (Å²) in [6.07, 6.45) is 3.37. The predicted molar refractivity (Wildman–Crippen MR) is 139 cm³/mol. The molecule has 192 valence electrons. The van der Waals surface area contributed by atoms with E-state index < -0.39 is 0 Å². The number of rotatable bonds is 4. The summed E-state index contributed by atoms with van der Waals surface area (Å²) in [4.78, 5) is 25.8. The molecule has 1 aliphatic carbocycles. The molecule has 10 nitrogen and oxygen atoms in total. The van der Waals surface area contributed by atoms with E-state index in [9.17, 15) is 4.79 Å². The predicted octanol–water partition coefficient (Wildman–Crippen LogP) is 1.82. The van der Waals surface area contributed by atoms with E-state index in [1.165, 1.54) is 0 Å². The number of ketones is 1. The van der Waals surface area contributed by atoms with Gasteiger partial charge in [-0.1, -0.05) is 13.8 Å². The lowest BCUT2D eigenvalue weighted by atomic mass is 9.78. The Hall–Kier alpha value is -2.53. The van der Waals surface area contributed by atoms with Crippen molar-refractivity contribution in [1.29, 1.82) is 0 Å². The topological polar surface area (TPSA) is 157 Å². The fraction of sp³-hybridized carbons (Fsp3) is 0.500. The standard InChI is InChI=1S/C22H29N5O3.2ClH.2H2O/c1-22(2)12-14(9-15(28)13-22)26-5-7-27(8-6-26)21-24-17-11-19(30-4)18(29-3)10-16(17)20(23)25-21;;;;/h9-11H,5-8,12-13H2,1-4H3,(H2,23,24,25);2*1H;2*1H2. The van der Waals surface area contributed by atoms with Gasteiger partial charge >= 0.3 is 0 Å². The smallest absolute Gasteiger partial charge is 0.228 e. The van der Waals surface area contributed by atoms with Crippen molar-refractivity contribution in [2.24, 2.45) is 5.41 Å². The van der Waals surface area contributed by atoms with E-state index in [1.807, 2.05) is 12.1 Å². The molecule has 0 atom stereocenters. The lowest BCUT2D eigenvalue weighted by Gasteiger charge is -2.40. The van der Waals surface area contributed by atoms with E-state index in [1.54, 1.807) is 20.3 Å². The number of methoxy groups -OCH3 is 2. The number of ether oxygens (including phenoxy) is 2. The minimum atomic E-state index is 0. The Morgan fingerprint density at radius 3 is 2.03 bits per heavy atom. The number of halogens is 2. The number of anilines is 2. The van der Waals surface area contributed by atoms with Crippen LogP contribution in [0.5, 0.6) is 11.5 Å². The summed E-state index contributed by atoms with van der Waals surface area (Å²) < 4.78 is 10.8. The summed E-state index contributed by atoms with van der Waals surface area (Å²) in [5.41, 5.74) is 8.13. The molecule has 2 aliphatic rings. The molecule has 4 rings (SSSR count). The first kappa shape index (κ1) is 31.5. The second-order valence-electron chi connectivity index (χ2n) is 8.73. The molecular weight excluding hydrogens is 485 g/mol. The van der Waals surface area contributed by atoms with Gasteiger partial charge in [-0.25, -0.2) is 4.98 Å². The third-order valence-corrected chi connectivity index (χ3v) is 5.83. The van der Waals surface area contributed by atoms with Gasteiger partial charge in [-0.2, -0.15) is 4.98 Å². The zero-order valence-electron chi connectivity index (χ0n) is 19.9. The largest absolute Gasteiger partial charge is 0.493 e. The van der Waals surface area contributed by atoms with Gasteiger partial charge in [0, 0.05) is 55.8 Å². The molecule has 1 aromatic heterocycles. The van der Waals surface area contributed by atoms with Crippen LogP contribution in [0, 0.1) is 5.41 Å². The average molecular weight is 520 g/mol. The van der Waals surface area contributed by atoms with Crippen molar-refractivity contribution in [3.8, 4) is 11.5 Å². The average Bonchev–Trinajstić information content (AvgIpc) is 2.71. The van der Waals surface area contributed by atoms with Crippen molar-refractivity contribution >= 4 is 53.3 Å². The minimum absolute atomic E-state index is 0. The van der Waals surface area contributed by atoms with Gasteiger partial charge < -0.3 is 36.0 Å². The number of aromatic nitrogens is 2. The number of fused-ring (bicyclic) bond motifs is 1. The Morgan fingerprint density at radius 1 is 0.912 bits per heavy atom. The Balaban J connectivity index is 0.00000272. The van der Waals surface area contributed by atoms with Crippen LogP contribution >= 0.6 is 24.8 Å². The van der Waals surface area contributed by atoms with Crippen LogP contribution in [-0.4, -0.2) is 72.0 Å². The highest BCUT2D eigenvalue weighted by molar-refractivity contribution is 5.92. The van der Waals surface area contributed by atoms with Crippen LogP contribution in [-0.2, 0) is 4.79 Å². The minimum Gasteiger partial charge on any atom is -0.493 e. The van der Waals surface area contributed by atoms with Gasteiger partial charge in [-0.05, 0) is 17.9 Å². The number of allylic oxidation sites excluding steroid dienone is 2. The monoisotopic (exact) mass is 519 g/mol. The lowest BCUT2D eigenvalue weighted by molar-refractivity contribution is -0.117. The molecule has 0 unspecified atom stereocenters. The lowest BCUT2D eigenvalue weighted by Crippen LogP contribution is -2.47. The second kappa shape index (κ2) is 12.3. The third kappa shape index (κ3) is 6.32. The second-order valence-corrected chi connectivity index (χ2v) is 8.73. The first-order chi connectivity index (χ1) is 14.3. The van der Waals surface area contributed by atoms with E-state index in [4.69, 9.17) is 20.2 Å². The molecule has 0 radical (unpaired) electrons. The number of hydrogen-bond acceptors (Lipinski definition) is 8. The molecule has 12 heteroatoms. The highest BCUT2D eigenvalue weighted by atomic mass is 35.5. The van der Waals surface area contributed by atoms with Gasteiger partial charge in [0.05, 0.1) is 19.7 Å². The first-order valence-corrected chi connectivity index (χ1v) is 10.2. The highest BCUT2D eigenvalue weighted by Gasteiger charge is 2.31. The first-order valence-electron chi connectivity index (χ1n) is 10.2. The molecule has 1 fully saturated rings. The highest BCUT2D eigenvalue weighted by Crippen LogP contribution is 2.36. The van der Waals surface area contributed by atoms with Crippen molar-refractivity contribution in [3.63, 3.8) is 0 Å². The number of carbonyl (C=O) groups is 1. The Morgan fingerprint density at radius 2 is 1.47 bits per heavy atom. The normalized spacial score (nSPS) is 16.8. The fourth-order valence-electron chi connectivity index (χ4n) is 4.32. The number of nitrogen functional groups attached to an aromatic ring is 1. The quantitative estimate of drug-likeness (QED) is 0.640. The van der Waals surface area contributed by atoms with Crippen LogP contribution in [0.3, 0.4) is 0 Å². The Bertz CT molecular complexity index is 1030. The molecule has 0 spiro atoms. The van der Waals surface area contributed by atoms with Gasteiger partial charge in [0.1, 0.15) is 5.82 Å². The number of piperazine rings is 1. The maximum absolute atomic E-state index is 12.1. The van der Waals surface area contributed by atoms with Gasteiger partial charge in [0.2, 0.25) is 5.95 Å². The SMILES string of the molecule is COc1cc2nc(N3CCN(C4=CC(=O)CC(C)(C)C4)CC3)nc(N)c2cc1OC.Cl.Cl.O.O. The maximum atomic E-state index is 12.1. The molecule has 1 aliphatic heterocycles. The molecule has 2 aromatic rings. The van der Waals surface area contributed by atoms with Crippen LogP contribution in [0.15, 0.2) is 23.9 Å². The van der Waals surface area contributed by atoms with Crippen LogP contribution < -0.4 is 20.1 Å². The van der Waals surface area contributed by atoms with Crippen LogP contribution in [0.4, 0.5) is 11.8 Å². The fourth-order valence-corrected chi connectivity index (χ4v) is 4.32. The Labute approximate surface area is 211 Å². The number of hydrogen-bond donors (Lipinski definition) is 1. The van der Waals surface area contributed by atoms with E-state index in [0.29, 0.717) is 29.7 Å². The molecule has 2 heterocycles. The molecule has 0 amide bonds. The Kier molecular flexibility index (Phi) is 11.3. The van der Waals surface area contributed by atoms with E-state index >= 15 is 0 Å². The summed E-state index contributed by atoms with van der Waals surface area (Å²) in [5.74, 6) is 2.45. The zero-order valence-corrected chi connectivity index (χ0v) is 21.5. The molecule has 1 saturated heterocycles. The molecule has 1 aromatic carbocycles. The van der Waals surface area contributed by atoms with Gasteiger partial charge in [0.15, 0.2) is 17.3 Å². The summed E-state index contributed by atoms with van der Waals surface area (Å²) in [6.45, 7) is 7.49. The number of carbonyl (C=O) groups excluding carboxylic acids is 1. The molecule has 34 heavy (non-hydrogen) atoms. The summed E-state index contributed by atoms with van der Waals surface area (Å²) in [7, 11) is 3.19. The van der Waals surface area contributed by atoms with Crippen LogP contribution in [0.2, 0.25) is 0 Å². The van der Waals surface area contributed by atoms with E-state index in [-0.39, 0.29) is 47.0 Å². The summed E-state index contributed by atoms with van der Waals surface area (Å²) in [5, 5.41) is 0.739. The van der Waals surface area contributed by atoms with E-state index in [2.05, 4.69) is 28.6 Å². The van der Waals surface area contributed by atoms with Crippen molar-refractivity contribution in [1.82, 2.24) is 14.9 Å². The van der Waals surface area contributed by atoms with Gasteiger partial charge in [-0.15, -0.1) is 24.8 Å². The maximum Gasteiger partial charge on any atom is 0.228 e. The summed E-state index contributed by atoms with van der Waals surface area (Å²) >= 11 is 0. The summed E-state index contributed by atoms with van der Waals surface area (Å²) in [6, 6.07) is 3.63. The number of benzene rings is 1. The number of nitrogens with zero attached hydrogens (tertiary/aromatic N) is 4. The van der Waals surface area contributed by atoms with Crippen molar-refractivity contribution in [2.45, 2.75) is 26.7 Å².